The maximum Gasteiger partial charge on any atom is 0.309 e. The highest BCUT2D eigenvalue weighted by Crippen LogP contribution is 2.25. The van der Waals surface area contributed by atoms with Crippen molar-refractivity contribution in [2.75, 3.05) is 0 Å². The van der Waals surface area contributed by atoms with Crippen molar-refractivity contribution in [1.82, 2.24) is 0 Å². The van der Waals surface area contributed by atoms with Crippen molar-refractivity contribution in [3.63, 3.8) is 0 Å². The average Bonchev–Trinajstić information content (AvgIpc) is 2.67. The van der Waals surface area contributed by atoms with Gasteiger partial charge in [0.2, 0.25) is 0 Å². The third kappa shape index (κ3) is 4.68. The molecule has 3 aromatic carbocycles. The Labute approximate surface area is 163 Å². The van der Waals surface area contributed by atoms with Gasteiger partial charge in [-0.15, -0.1) is 0 Å². The summed E-state index contributed by atoms with van der Waals surface area (Å²) in [6.07, 6.45) is 0. The summed E-state index contributed by atoms with van der Waals surface area (Å²) in [6, 6.07) is 27.4. The molecule has 0 amide bonds. The van der Waals surface area contributed by atoms with E-state index in [1.807, 2.05) is 19.9 Å². The first-order chi connectivity index (χ1) is 12.8. The first kappa shape index (κ1) is 19.4. The van der Waals surface area contributed by atoms with E-state index < -0.39 is 11.2 Å². The lowest BCUT2D eigenvalue weighted by atomic mass is 9.82. The Hall–Kier alpha value is -2.36. The van der Waals surface area contributed by atoms with Crippen molar-refractivity contribution in [2.24, 2.45) is 0 Å². The maximum absolute atomic E-state index is 10.2. The largest absolute Gasteiger partial charge is 0.427 e. The molecule has 0 aliphatic carbocycles. The van der Waals surface area contributed by atoms with Gasteiger partial charge in [0, 0.05) is 0 Å². The highest BCUT2D eigenvalue weighted by atomic mass is 16.5. The molecule has 0 unspecified atom stereocenters. The molecule has 3 heteroatoms. The predicted molar refractivity (Wildman–Crippen MR) is 116 cm³/mol. The van der Waals surface area contributed by atoms with E-state index in [-0.39, 0.29) is 0 Å². The second kappa shape index (κ2) is 7.71. The summed E-state index contributed by atoms with van der Waals surface area (Å²) in [7, 11) is 0.476. The zero-order valence-corrected chi connectivity index (χ0v) is 16.6. The van der Waals surface area contributed by atoms with Gasteiger partial charge in [-0.05, 0) is 49.9 Å². The number of hydrogen-bond donors (Lipinski definition) is 1. The third-order valence-corrected chi connectivity index (χ3v) is 5.35. The smallest absolute Gasteiger partial charge is 0.309 e. The number of aliphatic hydroxyl groups is 1. The minimum atomic E-state index is -0.895. The van der Waals surface area contributed by atoms with Crippen LogP contribution in [0.5, 0.6) is 0 Å². The number of rotatable bonds is 6. The summed E-state index contributed by atoms with van der Waals surface area (Å²) < 4.78 is 5.94. The van der Waals surface area contributed by atoms with Crippen LogP contribution < -0.4 is 5.46 Å². The van der Waals surface area contributed by atoms with E-state index in [4.69, 9.17) is 4.65 Å². The second-order valence-corrected chi connectivity index (χ2v) is 8.00. The molecule has 27 heavy (non-hydrogen) atoms. The lowest BCUT2D eigenvalue weighted by Gasteiger charge is -2.37. The molecule has 0 aromatic heterocycles. The van der Waals surface area contributed by atoms with Gasteiger partial charge in [0.1, 0.15) is 0 Å². The van der Waals surface area contributed by atoms with Crippen LogP contribution in [0.2, 0.25) is 0 Å². The van der Waals surface area contributed by atoms with Crippen LogP contribution in [-0.4, -0.2) is 23.8 Å². The molecule has 3 rings (SSSR count). The van der Waals surface area contributed by atoms with E-state index in [1.165, 1.54) is 22.3 Å². The summed E-state index contributed by atoms with van der Waals surface area (Å²) >= 11 is 0. The normalized spacial score (nSPS) is 12.0. The fourth-order valence-corrected chi connectivity index (χ4v) is 2.72. The zero-order valence-electron chi connectivity index (χ0n) is 16.6. The molecule has 0 heterocycles. The second-order valence-electron chi connectivity index (χ2n) is 8.00. The zero-order chi connectivity index (χ0) is 19.5. The standard InChI is InChI=1S/C24H27BO2/c1-23(2,26)24(3,4)27-25-22-16-14-21(15-17-22)20-12-10-19(11-13-20)18-8-6-5-7-9-18/h5-17,25-26H,1-4H3. The Morgan fingerprint density at radius 3 is 1.48 bits per heavy atom. The molecule has 0 aliphatic rings. The van der Waals surface area contributed by atoms with E-state index >= 15 is 0 Å². The molecule has 0 atom stereocenters. The monoisotopic (exact) mass is 358 g/mol. The molecule has 3 aromatic rings. The van der Waals surface area contributed by atoms with Crippen LogP contribution in [0.4, 0.5) is 0 Å². The Balaban J connectivity index is 1.69. The summed E-state index contributed by atoms with van der Waals surface area (Å²) in [5.41, 5.74) is 4.41. The molecule has 0 aliphatic heterocycles. The van der Waals surface area contributed by atoms with Crippen LogP contribution in [0.1, 0.15) is 27.7 Å². The summed E-state index contributed by atoms with van der Waals surface area (Å²) in [5.74, 6) is 0. The molecule has 0 saturated heterocycles. The highest BCUT2D eigenvalue weighted by molar-refractivity contribution is 6.47. The van der Waals surface area contributed by atoms with Crippen LogP contribution in [-0.2, 0) is 4.65 Å². The van der Waals surface area contributed by atoms with Gasteiger partial charge in [-0.1, -0.05) is 84.3 Å². The Morgan fingerprint density at radius 1 is 0.630 bits per heavy atom. The predicted octanol–water partition coefficient (Wildman–Crippen LogP) is 4.56. The van der Waals surface area contributed by atoms with Gasteiger partial charge in [0.25, 0.3) is 0 Å². The first-order valence-electron chi connectivity index (χ1n) is 9.37. The SMILES string of the molecule is CC(C)(O)C(C)(C)OBc1ccc(-c2ccc(-c3ccccc3)cc2)cc1. The molecule has 0 bridgehead atoms. The highest BCUT2D eigenvalue weighted by Gasteiger charge is 2.35. The van der Waals surface area contributed by atoms with Crippen LogP contribution in [0.3, 0.4) is 0 Å². The van der Waals surface area contributed by atoms with Crippen LogP contribution in [0.15, 0.2) is 78.9 Å². The summed E-state index contributed by atoms with van der Waals surface area (Å²) in [6.45, 7) is 7.37. The molecule has 0 saturated carbocycles. The Kier molecular flexibility index (Phi) is 5.55. The van der Waals surface area contributed by atoms with Gasteiger partial charge < -0.3 is 9.76 Å². The fourth-order valence-electron chi connectivity index (χ4n) is 2.72. The quantitative estimate of drug-likeness (QED) is 0.655. The Bertz CT molecular complexity index is 861. The molecule has 2 nitrogen and oxygen atoms in total. The van der Waals surface area contributed by atoms with Gasteiger partial charge in [-0.25, -0.2) is 0 Å². The van der Waals surface area contributed by atoms with Crippen molar-refractivity contribution in [1.29, 1.82) is 0 Å². The van der Waals surface area contributed by atoms with E-state index in [2.05, 4.69) is 72.8 Å². The van der Waals surface area contributed by atoms with Crippen molar-refractivity contribution in [3.05, 3.63) is 78.9 Å². The van der Waals surface area contributed by atoms with Crippen LogP contribution >= 0.6 is 0 Å². The average molecular weight is 358 g/mol. The topological polar surface area (TPSA) is 29.5 Å². The van der Waals surface area contributed by atoms with Gasteiger partial charge in [-0.3, -0.25) is 0 Å². The molecule has 0 radical (unpaired) electrons. The summed E-state index contributed by atoms with van der Waals surface area (Å²) in [4.78, 5) is 0. The van der Waals surface area contributed by atoms with Crippen molar-refractivity contribution in [2.45, 2.75) is 38.9 Å². The molecular formula is C24H27BO2. The summed E-state index contributed by atoms with van der Waals surface area (Å²) in [5, 5.41) is 10.2. The molecule has 0 fully saturated rings. The van der Waals surface area contributed by atoms with Gasteiger partial charge in [0.05, 0.1) is 11.2 Å². The molecule has 1 N–H and O–H groups in total. The van der Waals surface area contributed by atoms with Crippen LogP contribution in [0, 0.1) is 0 Å². The number of hydrogen-bond acceptors (Lipinski definition) is 2. The van der Waals surface area contributed by atoms with Crippen LogP contribution in [0.25, 0.3) is 22.3 Å². The maximum atomic E-state index is 10.2. The van der Waals surface area contributed by atoms with Gasteiger partial charge >= 0.3 is 7.48 Å². The minimum absolute atomic E-state index is 0.476. The number of benzene rings is 3. The molecule has 0 spiro atoms. The molecule has 138 valence electrons. The van der Waals surface area contributed by atoms with E-state index in [0.29, 0.717) is 7.48 Å². The van der Waals surface area contributed by atoms with E-state index in [9.17, 15) is 5.11 Å². The lowest BCUT2D eigenvalue weighted by Crippen LogP contribution is -2.49. The van der Waals surface area contributed by atoms with E-state index in [1.54, 1.807) is 13.8 Å². The Morgan fingerprint density at radius 2 is 1.04 bits per heavy atom. The lowest BCUT2D eigenvalue weighted by molar-refractivity contribution is -0.0893. The third-order valence-electron chi connectivity index (χ3n) is 5.35. The van der Waals surface area contributed by atoms with Gasteiger partial charge in [-0.2, -0.15) is 0 Å². The molecular weight excluding hydrogens is 331 g/mol. The fraction of sp³-hybridized carbons (Fsp3) is 0.250. The van der Waals surface area contributed by atoms with Crippen molar-refractivity contribution >= 4 is 12.9 Å². The first-order valence-corrected chi connectivity index (χ1v) is 9.37. The minimum Gasteiger partial charge on any atom is -0.427 e. The van der Waals surface area contributed by atoms with Crippen molar-refractivity contribution in [3.8, 4) is 22.3 Å². The van der Waals surface area contributed by atoms with Gasteiger partial charge in [0.15, 0.2) is 0 Å². The van der Waals surface area contributed by atoms with Crippen molar-refractivity contribution < 1.29 is 9.76 Å². The van der Waals surface area contributed by atoms with E-state index in [0.717, 1.165) is 5.46 Å².